The van der Waals surface area contributed by atoms with E-state index in [9.17, 15) is 15.2 Å². The van der Waals surface area contributed by atoms with E-state index in [-0.39, 0.29) is 22.8 Å². The van der Waals surface area contributed by atoms with Crippen molar-refractivity contribution in [2.45, 2.75) is 0 Å². The molecule has 0 unspecified atom stereocenters. The second-order valence-corrected chi connectivity index (χ2v) is 5.00. The van der Waals surface area contributed by atoms with Gasteiger partial charge in [-0.25, -0.2) is 0 Å². The van der Waals surface area contributed by atoms with Crippen LogP contribution >= 0.6 is 0 Å². The predicted octanol–water partition coefficient (Wildman–Crippen LogP) is 3.21. The number of hydrogen-bond donors (Lipinski definition) is 1. The van der Waals surface area contributed by atoms with Gasteiger partial charge in [-0.15, -0.1) is 0 Å². The molecule has 2 aromatic rings. The van der Waals surface area contributed by atoms with Gasteiger partial charge in [-0.3, -0.25) is 4.79 Å². The van der Waals surface area contributed by atoms with Crippen LogP contribution in [0.5, 0.6) is 23.0 Å². The number of aromatic hydroxyl groups is 1. The molecule has 0 aliphatic carbocycles. The third kappa shape index (κ3) is 3.90. The third-order valence-corrected chi connectivity index (χ3v) is 3.53. The van der Waals surface area contributed by atoms with Gasteiger partial charge in [0.25, 0.3) is 0 Å². The van der Waals surface area contributed by atoms with Gasteiger partial charge in [0.1, 0.15) is 17.4 Å². The highest BCUT2D eigenvalue weighted by atomic mass is 16.5. The summed E-state index contributed by atoms with van der Waals surface area (Å²) in [6, 6.07) is 11.4. The fraction of sp³-hybridized carbons (Fsp3) is 0.158. The fourth-order valence-corrected chi connectivity index (χ4v) is 2.21. The first-order valence-electron chi connectivity index (χ1n) is 7.29. The number of nitriles is 1. The van der Waals surface area contributed by atoms with Gasteiger partial charge in [0, 0.05) is 5.56 Å². The van der Waals surface area contributed by atoms with Crippen molar-refractivity contribution >= 4 is 11.9 Å². The van der Waals surface area contributed by atoms with E-state index in [1.165, 1.54) is 39.5 Å². The fourth-order valence-electron chi connectivity index (χ4n) is 2.21. The number of carbonyl (C=O) groups is 1. The molecule has 0 fully saturated rings. The molecular weight excluding hydrogens is 322 g/mol. The van der Waals surface area contributed by atoms with E-state index in [0.717, 1.165) is 0 Å². The van der Waals surface area contributed by atoms with Crippen LogP contribution in [-0.4, -0.2) is 32.2 Å². The van der Waals surface area contributed by atoms with Gasteiger partial charge in [0.2, 0.25) is 11.5 Å². The van der Waals surface area contributed by atoms with Crippen LogP contribution in [0.2, 0.25) is 0 Å². The number of hydrogen-bond acceptors (Lipinski definition) is 6. The zero-order valence-electron chi connectivity index (χ0n) is 14.1. The molecule has 2 rings (SSSR count). The lowest BCUT2D eigenvalue weighted by atomic mass is 10.0. The first-order chi connectivity index (χ1) is 12.0. The molecule has 1 N–H and O–H groups in total. The Balaban J connectivity index is 2.42. The molecule has 0 bridgehead atoms. The molecule has 0 heterocycles. The van der Waals surface area contributed by atoms with Gasteiger partial charge in [-0.2, -0.15) is 5.26 Å². The maximum absolute atomic E-state index is 12.5. The minimum atomic E-state index is -0.420. The maximum atomic E-state index is 12.5. The van der Waals surface area contributed by atoms with Gasteiger partial charge in [0.15, 0.2) is 11.5 Å². The van der Waals surface area contributed by atoms with Crippen LogP contribution < -0.4 is 14.2 Å². The van der Waals surface area contributed by atoms with Crippen molar-refractivity contribution in [2.75, 3.05) is 21.3 Å². The largest absolute Gasteiger partial charge is 0.502 e. The summed E-state index contributed by atoms with van der Waals surface area (Å²) in [5.41, 5.74) is 0.802. The van der Waals surface area contributed by atoms with E-state index >= 15 is 0 Å². The molecule has 128 valence electrons. The maximum Gasteiger partial charge on any atom is 0.203 e. The first kappa shape index (κ1) is 17.9. The summed E-state index contributed by atoms with van der Waals surface area (Å²) in [6.07, 6.45) is 1.41. The number of carbonyl (C=O) groups excluding carboxylic acids is 1. The first-order valence-corrected chi connectivity index (χ1v) is 7.29. The summed E-state index contributed by atoms with van der Waals surface area (Å²) in [5.74, 6) is 0.407. The molecule has 25 heavy (non-hydrogen) atoms. The van der Waals surface area contributed by atoms with Crippen molar-refractivity contribution in [1.29, 1.82) is 5.26 Å². The number of methoxy groups -OCH3 is 3. The van der Waals surface area contributed by atoms with Crippen molar-refractivity contribution < 1.29 is 24.1 Å². The molecule has 0 aliphatic rings. The van der Waals surface area contributed by atoms with E-state index in [2.05, 4.69) is 0 Å². The quantitative estimate of drug-likeness (QED) is 0.494. The molecule has 0 spiro atoms. The molecule has 0 amide bonds. The van der Waals surface area contributed by atoms with Crippen molar-refractivity contribution in [3.8, 4) is 29.1 Å². The number of rotatable bonds is 6. The monoisotopic (exact) mass is 339 g/mol. The molecule has 0 radical (unpaired) electrons. The van der Waals surface area contributed by atoms with Crippen LogP contribution in [-0.2, 0) is 0 Å². The third-order valence-electron chi connectivity index (χ3n) is 3.53. The Morgan fingerprint density at radius 3 is 2.04 bits per heavy atom. The number of phenols is 1. The normalized spacial score (nSPS) is 10.7. The van der Waals surface area contributed by atoms with Crippen molar-refractivity contribution in [1.82, 2.24) is 0 Å². The minimum absolute atomic E-state index is 0.0556. The van der Waals surface area contributed by atoms with Gasteiger partial charge >= 0.3 is 0 Å². The van der Waals surface area contributed by atoms with Crippen LogP contribution in [0.3, 0.4) is 0 Å². The van der Waals surface area contributed by atoms with E-state index in [1.54, 1.807) is 24.3 Å². The average Bonchev–Trinajstić information content (AvgIpc) is 2.66. The van der Waals surface area contributed by atoms with Gasteiger partial charge in [0.05, 0.1) is 21.3 Å². The topological polar surface area (TPSA) is 88.8 Å². The highest BCUT2D eigenvalue weighted by Gasteiger charge is 2.15. The van der Waals surface area contributed by atoms with Crippen molar-refractivity contribution in [3.63, 3.8) is 0 Å². The Kier molecular flexibility index (Phi) is 5.64. The second kappa shape index (κ2) is 7.88. The van der Waals surface area contributed by atoms with Crippen LogP contribution in [0.15, 0.2) is 42.0 Å². The van der Waals surface area contributed by atoms with Gasteiger partial charge < -0.3 is 19.3 Å². The van der Waals surface area contributed by atoms with E-state index in [1.807, 2.05) is 6.07 Å². The van der Waals surface area contributed by atoms with Crippen molar-refractivity contribution in [2.24, 2.45) is 0 Å². The molecule has 0 aliphatic heterocycles. The Morgan fingerprint density at radius 1 is 1.04 bits per heavy atom. The molecule has 6 heteroatoms. The Morgan fingerprint density at radius 2 is 1.60 bits per heavy atom. The molecule has 0 atom stereocenters. The molecule has 0 saturated heterocycles. The SMILES string of the molecule is COc1ccc(C(=O)/C(C#N)=C\c2cc(OC)c(O)c(OC)c2)cc1. The Hall–Kier alpha value is -3.46. The lowest BCUT2D eigenvalue weighted by Crippen LogP contribution is -2.02. The number of Topliss-reactive ketones (excluding diaryl/α,β-unsaturated/α-hetero) is 1. The molecule has 2 aromatic carbocycles. The zero-order chi connectivity index (χ0) is 18.4. The molecule has 6 nitrogen and oxygen atoms in total. The highest BCUT2D eigenvalue weighted by molar-refractivity contribution is 6.14. The average molecular weight is 339 g/mol. The molecule has 0 saturated carbocycles. The summed E-state index contributed by atoms with van der Waals surface area (Å²) in [7, 11) is 4.33. The van der Waals surface area contributed by atoms with E-state index in [0.29, 0.717) is 16.9 Å². The molecular formula is C19H17NO5. The van der Waals surface area contributed by atoms with Crippen LogP contribution in [0.4, 0.5) is 0 Å². The number of allylic oxidation sites excluding steroid dienone is 1. The summed E-state index contributed by atoms with van der Waals surface area (Å²) in [4.78, 5) is 12.5. The zero-order valence-corrected chi connectivity index (χ0v) is 14.1. The lowest BCUT2D eigenvalue weighted by molar-refractivity contribution is 0.104. The minimum Gasteiger partial charge on any atom is -0.502 e. The Labute approximate surface area is 145 Å². The summed E-state index contributed by atoms with van der Waals surface area (Å²) in [5, 5.41) is 19.3. The highest BCUT2D eigenvalue weighted by Crippen LogP contribution is 2.37. The number of ether oxygens (including phenoxy) is 3. The number of ketones is 1. The predicted molar refractivity (Wildman–Crippen MR) is 92.1 cm³/mol. The standard InChI is InChI=1S/C19H17NO5/c1-23-15-6-4-13(5-7-15)18(21)14(11-20)8-12-9-16(24-2)19(22)17(10-12)25-3/h4-10,22H,1-3H3/b14-8-. The number of benzene rings is 2. The number of phenolic OH excluding ortho intramolecular Hbond substituents is 1. The molecule has 0 aromatic heterocycles. The van der Waals surface area contributed by atoms with Crippen molar-refractivity contribution in [3.05, 3.63) is 53.1 Å². The lowest BCUT2D eigenvalue weighted by Gasteiger charge is -2.09. The van der Waals surface area contributed by atoms with Crippen LogP contribution in [0, 0.1) is 11.3 Å². The van der Waals surface area contributed by atoms with Crippen LogP contribution in [0.25, 0.3) is 6.08 Å². The van der Waals surface area contributed by atoms with Gasteiger partial charge in [-0.05, 0) is 48.0 Å². The summed E-state index contributed by atoms with van der Waals surface area (Å²) in [6.45, 7) is 0. The number of nitrogens with zero attached hydrogens (tertiary/aromatic N) is 1. The van der Waals surface area contributed by atoms with Crippen LogP contribution in [0.1, 0.15) is 15.9 Å². The summed E-state index contributed by atoms with van der Waals surface area (Å²) < 4.78 is 15.2. The second-order valence-electron chi connectivity index (χ2n) is 5.00. The van der Waals surface area contributed by atoms with E-state index < -0.39 is 5.78 Å². The Bertz CT molecular complexity index is 822. The smallest absolute Gasteiger partial charge is 0.203 e. The van der Waals surface area contributed by atoms with Gasteiger partial charge in [-0.1, -0.05) is 0 Å². The summed E-state index contributed by atoms with van der Waals surface area (Å²) >= 11 is 0. The van der Waals surface area contributed by atoms with E-state index in [4.69, 9.17) is 14.2 Å².